The molecule has 1 rings (SSSR count). The van der Waals surface area contributed by atoms with Gasteiger partial charge in [-0.2, -0.15) is 11.8 Å². The van der Waals surface area contributed by atoms with Gasteiger partial charge in [0.05, 0.1) is 6.54 Å². The van der Waals surface area contributed by atoms with Crippen molar-refractivity contribution in [2.45, 2.75) is 0 Å². The number of halogens is 1. The Hall–Kier alpha value is 0.270. The first-order chi connectivity index (χ1) is 4.79. The summed E-state index contributed by atoms with van der Waals surface area (Å²) >= 11 is 7.15. The zero-order valence-corrected chi connectivity index (χ0v) is 7.25. The van der Waals surface area contributed by atoms with E-state index in [9.17, 15) is 4.79 Å². The average molecular weight is 180 g/mol. The summed E-state index contributed by atoms with van der Waals surface area (Å²) in [6, 6.07) is 0. The van der Waals surface area contributed by atoms with Gasteiger partial charge in [0.15, 0.2) is 0 Å². The molecule has 0 aliphatic carbocycles. The van der Waals surface area contributed by atoms with E-state index in [0.29, 0.717) is 6.54 Å². The smallest absolute Gasteiger partial charge is 0.235 e. The molecule has 0 saturated carbocycles. The molecule has 1 saturated heterocycles. The van der Waals surface area contributed by atoms with E-state index in [0.717, 1.165) is 24.6 Å². The Kier molecular flexibility index (Phi) is 3.52. The first-order valence-electron chi connectivity index (χ1n) is 3.27. The summed E-state index contributed by atoms with van der Waals surface area (Å²) in [7, 11) is 0. The Balaban J connectivity index is 2.19. The van der Waals surface area contributed by atoms with Gasteiger partial charge in [-0.15, -0.1) is 0 Å². The van der Waals surface area contributed by atoms with Crippen LogP contribution in [0.5, 0.6) is 0 Å². The highest BCUT2D eigenvalue weighted by Crippen LogP contribution is 2.08. The van der Waals surface area contributed by atoms with Crippen molar-refractivity contribution >= 4 is 28.6 Å². The number of thioether (sulfide) groups is 1. The molecule has 0 unspecified atom stereocenters. The highest BCUT2D eigenvalue weighted by Gasteiger charge is 2.11. The number of carbonyl (C=O) groups excluding carboxylic acids is 1. The fourth-order valence-corrected chi connectivity index (χ4v) is 2.08. The number of hydrogen-bond donors (Lipinski definition) is 0. The van der Waals surface area contributed by atoms with Gasteiger partial charge in [-0.3, -0.25) is 9.69 Å². The van der Waals surface area contributed by atoms with Crippen LogP contribution in [0.2, 0.25) is 0 Å². The number of hydrogen-bond acceptors (Lipinski definition) is 3. The van der Waals surface area contributed by atoms with Gasteiger partial charge in [-0.05, 0) is 11.6 Å². The maximum Gasteiger partial charge on any atom is 0.235 e. The van der Waals surface area contributed by atoms with Crippen LogP contribution in [0.4, 0.5) is 0 Å². The highest BCUT2D eigenvalue weighted by atomic mass is 35.5. The first kappa shape index (κ1) is 8.37. The van der Waals surface area contributed by atoms with Crippen molar-refractivity contribution in [1.82, 2.24) is 4.90 Å². The third kappa shape index (κ3) is 2.90. The van der Waals surface area contributed by atoms with Crippen LogP contribution in [-0.4, -0.2) is 41.3 Å². The molecular formula is C6H10ClNOS. The van der Waals surface area contributed by atoms with Crippen LogP contribution >= 0.6 is 23.4 Å². The van der Waals surface area contributed by atoms with E-state index in [-0.39, 0.29) is 5.24 Å². The minimum Gasteiger partial charge on any atom is -0.293 e. The van der Waals surface area contributed by atoms with Crippen LogP contribution in [-0.2, 0) is 4.79 Å². The topological polar surface area (TPSA) is 20.3 Å². The molecule has 0 aromatic carbocycles. The summed E-state index contributed by atoms with van der Waals surface area (Å²) in [4.78, 5) is 12.5. The van der Waals surface area contributed by atoms with Crippen molar-refractivity contribution in [3.8, 4) is 0 Å². The monoisotopic (exact) mass is 179 g/mol. The minimum atomic E-state index is -0.244. The highest BCUT2D eigenvalue weighted by molar-refractivity contribution is 7.99. The van der Waals surface area contributed by atoms with Crippen LogP contribution in [0.1, 0.15) is 0 Å². The van der Waals surface area contributed by atoms with E-state index in [1.165, 1.54) is 0 Å². The van der Waals surface area contributed by atoms with Gasteiger partial charge >= 0.3 is 0 Å². The zero-order valence-electron chi connectivity index (χ0n) is 5.68. The van der Waals surface area contributed by atoms with E-state index in [2.05, 4.69) is 4.90 Å². The maximum atomic E-state index is 10.4. The van der Waals surface area contributed by atoms with Crippen molar-refractivity contribution in [1.29, 1.82) is 0 Å². The normalized spacial score (nSPS) is 20.9. The Morgan fingerprint density at radius 1 is 1.50 bits per heavy atom. The van der Waals surface area contributed by atoms with Crippen LogP contribution in [0.15, 0.2) is 0 Å². The molecule has 58 valence electrons. The lowest BCUT2D eigenvalue weighted by atomic mass is 10.5. The van der Waals surface area contributed by atoms with Gasteiger partial charge < -0.3 is 0 Å². The van der Waals surface area contributed by atoms with Gasteiger partial charge in [-0.25, -0.2) is 0 Å². The first-order valence-corrected chi connectivity index (χ1v) is 4.81. The standard InChI is InChI=1S/C6H10ClNOS/c7-6(9)5-8-1-3-10-4-2-8/h1-5H2. The minimum absolute atomic E-state index is 0.244. The van der Waals surface area contributed by atoms with Gasteiger partial charge in [0.2, 0.25) is 5.24 Å². The van der Waals surface area contributed by atoms with E-state index >= 15 is 0 Å². The molecule has 10 heavy (non-hydrogen) atoms. The third-order valence-corrected chi connectivity index (χ3v) is 2.51. The third-order valence-electron chi connectivity index (χ3n) is 1.45. The van der Waals surface area contributed by atoms with Gasteiger partial charge in [0.1, 0.15) is 0 Å². The second-order valence-corrected chi connectivity index (χ2v) is 3.89. The van der Waals surface area contributed by atoms with E-state index in [1.807, 2.05) is 11.8 Å². The molecule has 2 nitrogen and oxygen atoms in total. The molecule has 0 aromatic heterocycles. The average Bonchev–Trinajstić information content (AvgIpc) is 1.88. The van der Waals surface area contributed by atoms with Crippen LogP contribution < -0.4 is 0 Å². The quantitative estimate of drug-likeness (QED) is 0.585. The lowest BCUT2D eigenvalue weighted by Gasteiger charge is -2.23. The van der Waals surface area contributed by atoms with Crippen molar-refractivity contribution in [2.75, 3.05) is 31.1 Å². The molecule has 0 N–H and O–H groups in total. The lowest BCUT2D eigenvalue weighted by Crippen LogP contribution is -2.35. The Morgan fingerprint density at radius 2 is 2.10 bits per heavy atom. The van der Waals surface area contributed by atoms with E-state index in [1.54, 1.807) is 0 Å². The van der Waals surface area contributed by atoms with Gasteiger partial charge in [-0.1, -0.05) is 0 Å². The summed E-state index contributed by atoms with van der Waals surface area (Å²) in [5.74, 6) is 2.26. The fraction of sp³-hybridized carbons (Fsp3) is 0.833. The van der Waals surface area contributed by atoms with Crippen LogP contribution in [0.25, 0.3) is 0 Å². The fourth-order valence-electron chi connectivity index (χ4n) is 0.935. The summed E-state index contributed by atoms with van der Waals surface area (Å²) in [5.41, 5.74) is 0. The van der Waals surface area contributed by atoms with Gasteiger partial charge in [0, 0.05) is 24.6 Å². The second-order valence-electron chi connectivity index (χ2n) is 2.24. The molecule has 0 radical (unpaired) electrons. The van der Waals surface area contributed by atoms with Crippen molar-refractivity contribution in [3.05, 3.63) is 0 Å². The van der Waals surface area contributed by atoms with Gasteiger partial charge in [0.25, 0.3) is 0 Å². The Bertz CT molecular complexity index is 125. The second kappa shape index (κ2) is 4.21. The number of nitrogens with zero attached hydrogens (tertiary/aromatic N) is 1. The Labute approximate surface area is 69.9 Å². The molecule has 0 amide bonds. The largest absolute Gasteiger partial charge is 0.293 e. The maximum absolute atomic E-state index is 10.4. The predicted molar refractivity (Wildman–Crippen MR) is 44.6 cm³/mol. The van der Waals surface area contributed by atoms with Crippen LogP contribution in [0, 0.1) is 0 Å². The van der Waals surface area contributed by atoms with Crippen LogP contribution in [0.3, 0.4) is 0 Å². The summed E-state index contributed by atoms with van der Waals surface area (Å²) in [6.07, 6.45) is 0. The molecular weight excluding hydrogens is 170 g/mol. The summed E-state index contributed by atoms with van der Waals surface area (Å²) in [6.45, 7) is 2.42. The SMILES string of the molecule is O=C(Cl)CN1CCSCC1. The summed E-state index contributed by atoms with van der Waals surface area (Å²) in [5, 5.41) is -0.244. The number of carbonyl (C=O) groups is 1. The van der Waals surface area contributed by atoms with Crippen molar-refractivity contribution in [3.63, 3.8) is 0 Å². The molecule has 4 heteroatoms. The van der Waals surface area contributed by atoms with E-state index < -0.39 is 0 Å². The molecule has 0 spiro atoms. The molecule has 0 aromatic rings. The molecule has 1 aliphatic rings. The lowest BCUT2D eigenvalue weighted by molar-refractivity contribution is -0.112. The predicted octanol–water partition coefficient (Wildman–Crippen LogP) is 0.801. The molecule has 1 aliphatic heterocycles. The van der Waals surface area contributed by atoms with E-state index in [4.69, 9.17) is 11.6 Å². The molecule has 0 atom stereocenters. The molecule has 1 fully saturated rings. The van der Waals surface area contributed by atoms with Crippen molar-refractivity contribution < 1.29 is 4.79 Å². The molecule has 0 bridgehead atoms. The number of rotatable bonds is 2. The zero-order chi connectivity index (χ0) is 7.40. The van der Waals surface area contributed by atoms with Crippen molar-refractivity contribution in [2.24, 2.45) is 0 Å². The summed E-state index contributed by atoms with van der Waals surface area (Å²) < 4.78 is 0. The Morgan fingerprint density at radius 3 is 2.60 bits per heavy atom. The molecule has 1 heterocycles.